The van der Waals surface area contributed by atoms with E-state index in [0.717, 1.165) is 0 Å². The number of nitrogens with zero attached hydrogens (tertiary/aromatic N) is 5. The fraction of sp³-hybridized carbons (Fsp3) is 0.0526. The Hall–Kier alpha value is -3.70. The molecule has 0 atom stereocenters. The molecule has 1 aromatic carbocycles. The van der Waals surface area contributed by atoms with Gasteiger partial charge in [-0.2, -0.15) is 5.26 Å². The summed E-state index contributed by atoms with van der Waals surface area (Å²) in [5.41, 5.74) is 1.18. The zero-order valence-electron chi connectivity index (χ0n) is 14.4. The minimum absolute atomic E-state index is 0.00932. The first kappa shape index (κ1) is 17.7. The van der Waals surface area contributed by atoms with Crippen LogP contribution >= 0.6 is 11.6 Å². The van der Waals surface area contributed by atoms with Crippen molar-refractivity contribution in [2.45, 2.75) is 0 Å². The molecule has 7 nitrogen and oxygen atoms in total. The summed E-state index contributed by atoms with van der Waals surface area (Å²) in [6.07, 6.45) is 2.92. The molecule has 28 heavy (non-hydrogen) atoms. The molecule has 0 bridgehead atoms. The molecule has 138 valence electrons. The maximum atomic E-state index is 14.9. The number of pyridine rings is 1. The second-order valence-corrected chi connectivity index (χ2v) is 6.38. The van der Waals surface area contributed by atoms with E-state index in [-0.39, 0.29) is 28.2 Å². The summed E-state index contributed by atoms with van der Waals surface area (Å²) in [7, 11) is 1.71. The number of benzene rings is 1. The summed E-state index contributed by atoms with van der Waals surface area (Å²) in [6.45, 7) is 0. The largest absolute Gasteiger partial charge is 0.478 e. The number of aromatic nitrogens is 4. The molecule has 0 fully saturated rings. The first-order chi connectivity index (χ1) is 13.4. The lowest BCUT2D eigenvalue weighted by molar-refractivity contribution is 0.0697. The molecular weight excluding hydrogens is 385 g/mol. The molecule has 0 radical (unpaired) electrons. The number of carbonyl (C=O) groups is 1. The maximum Gasteiger partial charge on any atom is 0.335 e. The lowest BCUT2D eigenvalue weighted by Gasteiger charge is -2.08. The van der Waals surface area contributed by atoms with E-state index < -0.39 is 11.8 Å². The number of fused-ring (bicyclic) bond motifs is 1. The molecule has 0 spiro atoms. The van der Waals surface area contributed by atoms with Crippen LogP contribution in [0, 0.1) is 17.1 Å². The van der Waals surface area contributed by atoms with E-state index >= 15 is 0 Å². The third-order valence-corrected chi connectivity index (χ3v) is 4.80. The number of nitriles is 1. The monoisotopic (exact) mass is 395 g/mol. The van der Waals surface area contributed by atoms with Crippen molar-refractivity contribution in [3.05, 3.63) is 65.1 Å². The number of carboxylic acid groups (broad SMARTS) is 1. The van der Waals surface area contributed by atoms with Crippen molar-refractivity contribution in [3.8, 4) is 28.6 Å². The molecule has 9 heteroatoms. The maximum absolute atomic E-state index is 14.9. The van der Waals surface area contributed by atoms with Gasteiger partial charge in [-0.05, 0) is 18.2 Å². The van der Waals surface area contributed by atoms with E-state index in [1.807, 2.05) is 6.07 Å². The Morgan fingerprint density at radius 2 is 2.11 bits per heavy atom. The van der Waals surface area contributed by atoms with Crippen LogP contribution in [0.25, 0.3) is 28.2 Å². The molecule has 0 saturated heterocycles. The van der Waals surface area contributed by atoms with E-state index in [9.17, 15) is 19.6 Å². The second-order valence-electron chi connectivity index (χ2n) is 6.03. The second kappa shape index (κ2) is 6.48. The summed E-state index contributed by atoms with van der Waals surface area (Å²) in [6, 6.07) is 9.10. The van der Waals surface area contributed by atoms with Crippen LogP contribution in [0.2, 0.25) is 5.15 Å². The van der Waals surface area contributed by atoms with E-state index in [2.05, 4.69) is 9.97 Å². The molecule has 3 heterocycles. The molecule has 4 aromatic rings. The van der Waals surface area contributed by atoms with E-state index in [1.165, 1.54) is 41.2 Å². The minimum atomic E-state index is -1.13. The fourth-order valence-corrected chi connectivity index (χ4v) is 3.21. The zero-order chi connectivity index (χ0) is 20.0. The highest BCUT2D eigenvalue weighted by molar-refractivity contribution is 6.32. The van der Waals surface area contributed by atoms with Gasteiger partial charge in [0.15, 0.2) is 5.69 Å². The number of aryl methyl sites for hydroxylation is 1. The van der Waals surface area contributed by atoms with Crippen LogP contribution in [-0.2, 0) is 7.05 Å². The van der Waals surface area contributed by atoms with Gasteiger partial charge in [-0.3, -0.25) is 4.40 Å². The topological polar surface area (TPSA) is 96.2 Å². The first-order valence-corrected chi connectivity index (χ1v) is 8.41. The van der Waals surface area contributed by atoms with Gasteiger partial charge < -0.3 is 9.67 Å². The summed E-state index contributed by atoms with van der Waals surface area (Å²) >= 11 is 6.29. The number of halogens is 2. The molecule has 0 unspecified atom stereocenters. The lowest BCUT2D eigenvalue weighted by Crippen LogP contribution is -1.98. The molecule has 3 aromatic heterocycles. The predicted octanol–water partition coefficient (Wildman–Crippen LogP) is 3.76. The summed E-state index contributed by atoms with van der Waals surface area (Å²) in [4.78, 5) is 19.8. The van der Waals surface area contributed by atoms with Gasteiger partial charge in [0.25, 0.3) is 0 Å². The van der Waals surface area contributed by atoms with Crippen molar-refractivity contribution >= 4 is 23.2 Å². The Morgan fingerprint density at radius 3 is 2.75 bits per heavy atom. The van der Waals surface area contributed by atoms with Crippen molar-refractivity contribution in [3.63, 3.8) is 0 Å². The lowest BCUT2D eigenvalue weighted by atomic mass is 10.0. The summed E-state index contributed by atoms with van der Waals surface area (Å²) < 4.78 is 17.9. The minimum Gasteiger partial charge on any atom is -0.478 e. The predicted molar refractivity (Wildman–Crippen MR) is 99.5 cm³/mol. The van der Waals surface area contributed by atoms with Crippen molar-refractivity contribution in [1.82, 2.24) is 18.9 Å². The highest BCUT2D eigenvalue weighted by atomic mass is 35.5. The van der Waals surface area contributed by atoms with Crippen LogP contribution in [0.15, 0.2) is 42.9 Å². The molecule has 1 N–H and O–H groups in total. The average Bonchev–Trinajstić information content (AvgIpc) is 3.20. The summed E-state index contributed by atoms with van der Waals surface area (Å²) in [5, 5.41) is 19.1. The van der Waals surface area contributed by atoms with E-state index in [1.54, 1.807) is 17.7 Å². The molecule has 0 amide bonds. The zero-order valence-corrected chi connectivity index (χ0v) is 15.1. The van der Waals surface area contributed by atoms with Crippen molar-refractivity contribution in [1.29, 1.82) is 5.26 Å². The van der Waals surface area contributed by atoms with Gasteiger partial charge in [0.1, 0.15) is 34.1 Å². The SMILES string of the molecule is Cn1cnc(-c2cccc(F)c2-c2nc3cc(C(=O)O)ccn3c2C#N)c1Cl. The van der Waals surface area contributed by atoms with E-state index in [4.69, 9.17) is 11.6 Å². The Morgan fingerprint density at radius 1 is 1.32 bits per heavy atom. The summed E-state index contributed by atoms with van der Waals surface area (Å²) in [5.74, 6) is -1.73. The van der Waals surface area contributed by atoms with Gasteiger partial charge in [-0.15, -0.1) is 0 Å². The molecule has 0 aliphatic carbocycles. The van der Waals surface area contributed by atoms with Gasteiger partial charge in [-0.1, -0.05) is 23.7 Å². The van der Waals surface area contributed by atoms with Crippen LogP contribution in [0.1, 0.15) is 16.1 Å². The molecular formula is C19H11ClFN5O2. The van der Waals surface area contributed by atoms with Gasteiger partial charge >= 0.3 is 5.97 Å². The Kier molecular flexibility index (Phi) is 4.09. The third kappa shape index (κ3) is 2.61. The van der Waals surface area contributed by atoms with Crippen molar-refractivity contribution in [2.24, 2.45) is 7.05 Å². The number of rotatable bonds is 3. The number of carboxylic acids is 1. The third-order valence-electron chi connectivity index (χ3n) is 4.35. The quantitative estimate of drug-likeness (QED) is 0.569. The van der Waals surface area contributed by atoms with Crippen LogP contribution in [0.5, 0.6) is 0 Å². The van der Waals surface area contributed by atoms with Gasteiger partial charge in [-0.25, -0.2) is 19.2 Å². The highest BCUT2D eigenvalue weighted by Crippen LogP contribution is 2.37. The van der Waals surface area contributed by atoms with Crippen LogP contribution in [0.4, 0.5) is 4.39 Å². The Balaban J connectivity index is 2.05. The molecule has 0 aliphatic heterocycles. The first-order valence-electron chi connectivity index (χ1n) is 8.04. The normalized spacial score (nSPS) is 10.9. The van der Waals surface area contributed by atoms with Crippen molar-refractivity contribution in [2.75, 3.05) is 0 Å². The molecule has 4 rings (SSSR count). The average molecular weight is 396 g/mol. The number of hydrogen-bond acceptors (Lipinski definition) is 4. The smallest absolute Gasteiger partial charge is 0.335 e. The standard InChI is InChI=1S/C19H11ClFN5O2/c1-25-9-23-16(18(25)20)11-3-2-4-12(21)15(11)17-13(8-22)26-6-5-10(19(27)28)7-14(26)24-17/h2-7,9H,1H3,(H,27,28). The van der Waals surface area contributed by atoms with Crippen LogP contribution in [0.3, 0.4) is 0 Å². The van der Waals surface area contributed by atoms with E-state index in [0.29, 0.717) is 16.4 Å². The van der Waals surface area contributed by atoms with Crippen LogP contribution < -0.4 is 0 Å². The van der Waals surface area contributed by atoms with Crippen molar-refractivity contribution < 1.29 is 14.3 Å². The Labute approximate surface area is 162 Å². The highest BCUT2D eigenvalue weighted by Gasteiger charge is 2.24. The van der Waals surface area contributed by atoms with Crippen LogP contribution in [-0.4, -0.2) is 30.0 Å². The fourth-order valence-electron chi connectivity index (χ4n) is 3.02. The number of imidazole rings is 2. The van der Waals surface area contributed by atoms with Gasteiger partial charge in [0, 0.05) is 24.4 Å². The van der Waals surface area contributed by atoms with Gasteiger partial charge in [0.2, 0.25) is 0 Å². The number of aromatic carboxylic acids is 1. The number of hydrogen-bond donors (Lipinski definition) is 1. The Bertz CT molecular complexity index is 1300. The molecule has 0 aliphatic rings. The molecule has 0 saturated carbocycles. The van der Waals surface area contributed by atoms with Gasteiger partial charge in [0.05, 0.1) is 11.9 Å².